The van der Waals surface area contributed by atoms with Gasteiger partial charge in [-0.25, -0.2) is 0 Å². The molecule has 0 spiro atoms. The lowest BCUT2D eigenvalue weighted by Gasteiger charge is -2.19. The van der Waals surface area contributed by atoms with Gasteiger partial charge < -0.3 is 15.7 Å². The lowest BCUT2D eigenvalue weighted by molar-refractivity contribution is 0.0916. The highest BCUT2D eigenvalue weighted by atomic mass is 16.3. The molecule has 1 fully saturated rings. The minimum atomic E-state index is -0.0138. The number of carbonyl (C=O) groups is 1. The highest BCUT2D eigenvalue weighted by Crippen LogP contribution is 2.25. The number of hydrogen-bond donors (Lipinski definition) is 3. The van der Waals surface area contributed by atoms with E-state index < -0.39 is 0 Å². The van der Waals surface area contributed by atoms with Gasteiger partial charge in [-0.15, -0.1) is 0 Å². The molecule has 1 aromatic carbocycles. The van der Waals surface area contributed by atoms with E-state index in [0.29, 0.717) is 0 Å². The molecular formula is C15H20N2O2. The fraction of sp³-hybridized carbons (Fsp3) is 0.533. The molecule has 19 heavy (non-hydrogen) atoms. The Labute approximate surface area is 113 Å². The van der Waals surface area contributed by atoms with Gasteiger partial charge in [0.1, 0.15) is 0 Å². The van der Waals surface area contributed by atoms with E-state index in [4.69, 9.17) is 0 Å². The molecule has 3 rings (SSSR count). The third kappa shape index (κ3) is 2.51. The summed E-state index contributed by atoms with van der Waals surface area (Å²) in [6.07, 6.45) is 3.07. The van der Waals surface area contributed by atoms with Gasteiger partial charge in [0.2, 0.25) is 0 Å². The van der Waals surface area contributed by atoms with Crippen LogP contribution in [0.5, 0.6) is 0 Å². The first-order valence-corrected chi connectivity index (χ1v) is 7.02. The van der Waals surface area contributed by atoms with Crippen LogP contribution in [0.25, 0.3) is 0 Å². The maximum atomic E-state index is 12.2. The summed E-state index contributed by atoms with van der Waals surface area (Å²) in [4.78, 5) is 12.2. The number of hydrogen-bond acceptors (Lipinski definition) is 3. The maximum absolute atomic E-state index is 12.2. The molecular weight excluding hydrogens is 240 g/mol. The fourth-order valence-corrected chi connectivity index (χ4v) is 3.13. The summed E-state index contributed by atoms with van der Waals surface area (Å²) in [5.74, 6) is 0.208. The van der Waals surface area contributed by atoms with Gasteiger partial charge in [0.15, 0.2) is 0 Å². The molecule has 2 aliphatic rings. The minimum absolute atomic E-state index is 0.0138. The van der Waals surface area contributed by atoms with E-state index in [-0.39, 0.29) is 24.5 Å². The second-order valence-electron chi connectivity index (χ2n) is 5.54. The van der Waals surface area contributed by atoms with Gasteiger partial charge in [-0.1, -0.05) is 12.5 Å². The molecule has 1 aromatic rings. The first kappa shape index (κ1) is 12.6. The van der Waals surface area contributed by atoms with E-state index in [1.807, 2.05) is 18.2 Å². The SMILES string of the molecule is O=C(NC1CCCC1CO)c1ccc2c(c1)CNC2. The van der Waals surface area contributed by atoms with Crippen molar-refractivity contribution in [2.45, 2.75) is 38.4 Å². The molecule has 4 heteroatoms. The van der Waals surface area contributed by atoms with Crippen molar-refractivity contribution in [1.82, 2.24) is 10.6 Å². The molecule has 0 aromatic heterocycles. The fourth-order valence-electron chi connectivity index (χ4n) is 3.13. The van der Waals surface area contributed by atoms with Crippen molar-refractivity contribution in [2.75, 3.05) is 6.61 Å². The topological polar surface area (TPSA) is 61.4 Å². The van der Waals surface area contributed by atoms with Gasteiger partial charge in [-0.05, 0) is 36.1 Å². The quantitative estimate of drug-likeness (QED) is 0.765. The molecule has 1 heterocycles. The first-order chi connectivity index (χ1) is 9.28. The van der Waals surface area contributed by atoms with Crippen LogP contribution in [0.3, 0.4) is 0 Å². The Bertz CT molecular complexity index is 487. The van der Waals surface area contributed by atoms with Gasteiger partial charge in [0.05, 0.1) is 0 Å². The van der Waals surface area contributed by atoms with E-state index >= 15 is 0 Å². The van der Waals surface area contributed by atoms with E-state index in [9.17, 15) is 9.90 Å². The number of nitrogens with one attached hydrogen (secondary N) is 2. The average Bonchev–Trinajstić information content (AvgIpc) is 3.05. The molecule has 0 bridgehead atoms. The lowest BCUT2D eigenvalue weighted by atomic mass is 10.0. The van der Waals surface area contributed by atoms with Crippen LogP contribution in [-0.4, -0.2) is 23.7 Å². The van der Waals surface area contributed by atoms with Crippen molar-refractivity contribution in [3.63, 3.8) is 0 Å². The van der Waals surface area contributed by atoms with Crippen molar-refractivity contribution in [1.29, 1.82) is 0 Å². The molecule has 2 unspecified atom stereocenters. The predicted octanol–water partition coefficient (Wildman–Crippen LogP) is 1.18. The second-order valence-corrected chi connectivity index (χ2v) is 5.54. The van der Waals surface area contributed by atoms with Gasteiger partial charge >= 0.3 is 0 Å². The highest BCUT2D eigenvalue weighted by molar-refractivity contribution is 5.94. The molecule has 2 atom stereocenters. The lowest BCUT2D eigenvalue weighted by Crippen LogP contribution is -2.38. The van der Waals surface area contributed by atoms with Crippen molar-refractivity contribution >= 4 is 5.91 Å². The Morgan fingerprint density at radius 3 is 3.00 bits per heavy atom. The zero-order chi connectivity index (χ0) is 13.2. The molecule has 102 valence electrons. The molecule has 1 amide bonds. The zero-order valence-electron chi connectivity index (χ0n) is 11.0. The summed E-state index contributed by atoms with van der Waals surface area (Å²) in [6.45, 7) is 1.91. The van der Waals surface area contributed by atoms with Crippen molar-refractivity contribution in [2.24, 2.45) is 5.92 Å². The molecule has 1 aliphatic heterocycles. The van der Waals surface area contributed by atoms with Gasteiger partial charge in [0, 0.05) is 37.2 Å². The smallest absolute Gasteiger partial charge is 0.251 e. The van der Waals surface area contributed by atoms with Crippen LogP contribution in [0.1, 0.15) is 40.7 Å². The predicted molar refractivity (Wildman–Crippen MR) is 72.7 cm³/mol. The van der Waals surface area contributed by atoms with Crippen LogP contribution in [0.4, 0.5) is 0 Å². The van der Waals surface area contributed by atoms with Crippen molar-refractivity contribution in [3.05, 3.63) is 34.9 Å². The second kappa shape index (κ2) is 5.31. The Morgan fingerprint density at radius 1 is 1.32 bits per heavy atom. The van der Waals surface area contributed by atoms with E-state index in [0.717, 1.165) is 37.9 Å². The molecule has 0 radical (unpaired) electrons. The van der Waals surface area contributed by atoms with Crippen LogP contribution in [0.15, 0.2) is 18.2 Å². The van der Waals surface area contributed by atoms with Crippen LogP contribution in [-0.2, 0) is 13.1 Å². The Kier molecular flexibility index (Phi) is 3.53. The summed E-state index contributed by atoms with van der Waals surface area (Å²) in [6, 6.07) is 6.03. The molecule has 4 nitrogen and oxygen atoms in total. The number of aliphatic hydroxyl groups excluding tert-OH is 1. The molecule has 0 saturated heterocycles. The zero-order valence-corrected chi connectivity index (χ0v) is 11.0. The number of aliphatic hydroxyl groups is 1. The van der Waals surface area contributed by atoms with Gasteiger partial charge in [-0.3, -0.25) is 4.79 Å². The van der Waals surface area contributed by atoms with Crippen LogP contribution >= 0.6 is 0 Å². The third-order valence-electron chi connectivity index (χ3n) is 4.31. The number of fused-ring (bicyclic) bond motifs is 1. The standard InChI is InChI=1S/C15H20N2O2/c18-9-12-2-1-3-14(12)17-15(19)10-4-5-11-7-16-8-13(11)6-10/h4-6,12,14,16,18H,1-3,7-9H2,(H,17,19). The normalized spacial score (nSPS) is 25.3. The largest absolute Gasteiger partial charge is 0.396 e. The Balaban J connectivity index is 1.70. The monoisotopic (exact) mass is 260 g/mol. The number of benzene rings is 1. The number of amides is 1. The first-order valence-electron chi connectivity index (χ1n) is 7.02. The average molecular weight is 260 g/mol. The summed E-state index contributed by atoms with van der Waals surface area (Å²) < 4.78 is 0. The van der Waals surface area contributed by atoms with Gasteiger partial charge in [-0.2, -0.15) is 0 Å². The Hall–Kier alpha value is -1.39. The summed E-state index contributed by atoms with van der Waals surface area (Å²) in [5, 5.41) is 15.6. The minimum Gasteiger partial charge on any atom is -0.396 e. The van der Waals surface area contributed by atoms with E-state index in [2.05, 4.69) is 10.6 Å². The number of rotatable bonds is 3. The maximum Gasteiger partial charge on any atom is 0.251 e. The molecule has 1 aliphatic carbocycles. The summed E-state index contributed by atoms with van der Waals surface area (Å²) in [7, 11) is 0. The van der Waals surface area contributed by atoms with Gasteiger partial charge in [0.25, 0.3) is 5.91 Å². The van der Waals surface area contributed by atoms with E-state index in [1.54, 1.807) is 0 Å². The highest BCUT2D eigenvalue weighted by Gasteiger charge is 2.28. The summed E-state index contributed by atoms with van der Waals surface area (Å²) >= 11 is 0. The number of carbonyl (C=O) groups excluding carboxylic acids is 1. The molecule has 3 N–H and O–H groups in total. The van der Waals surface area contributed by atoms with Crippen molar-refractivity contribution < 1.29 is 9.90 Å². The molecule has 1 saturated carbocycles. The van der Waals surface area contributed by atoms with Crippen LogP contribution in [0.2, 0.25) is 0 Å². The third-order valence-corrected chi connectivity index (χ3v) is 4.31. The van der Waals surface area contributed by atoms with Crippen LogP contribution in [0, 0.1) is 5.92 Å². The van der Waals surface area contributed by atoms with Crippen molar-refractivity contribution in [3.8, 4) is 0 Å². The summed E-state index contributed by atoms with van der Waals surface area (Å²) in [5.41, 5.74) is 3.23. The Morgan fingerprint density at radius 2 is 2.16 bits per heavy atom. The van der Waals surface area contributed by atoms with E-state index in [1.165, 1.54) is 11.1 Å². The van der Waals surface area contributed by atoms with Crippen LogP contribution < -0.4 is 10.6 Å².